The molecule has 0 aromatic heterocycles. The first-order valence-corrected chi connectivity index (χ1v) is 6.39. The van der Waals surface area contributed by atoms with Crippen molar-refractivity contribution in [2.75, 3.05) is 6.61 Å². The van der Waals surface area contributed by atoms with E-state index in [4.69, 9.17) is 10.6 Å². The van der Waals surface area contributed by atoms with Gasteiger partial charge in [-0.3, -0.25) is 10.2 Å². The van der Waals surface area contributed by atoms with E-state index in [1.807, 2.05) is 12.1 Å². The van der Waals surface area contributed by atoms with Gasteiger partial charge in [-0.2, -0.15) is 0 Å². The molecule has 3 N–H and O–H groups in total. The van der Waals surface area contributed by atoms with Crippen molar-refractivity contribution in [2.24, 2.45) is 5.84 Å². The minimum Gasteiger partial charge on any atom is -0.494 e. The number of nitrogens with two attached hydrogens (primary N) is 1. The molecule has 0 bridgehead atoms. The number of carbonyl (C=O) groups is 1. The second-order valence-corrected chi connectivity index (χ2v) is 4.40. The molecule has 4 heteroatoms. The summed E-state index contributed by atoms with van der Waals surface area (Å²) in [5, 5.41) is 0. The molecule has 0 heterocycles. The first-order valence-electron chi connectivity index (χ1n) is 6.39. The maximum Gasteiger partial charge on any atom is 0.234 e. The van der Waals surface area contributed by atoms with Gasteiger partial charge < -0.3 is 4.74 Å². The molecule has 1 rings (SSSR count). The second kappa shape index (κ2) is 7.71. The van der Waals surface area contributed by atoms with Crippen molar-refractivity contribution in [3.05, 3.63) is 29.8 Å². The Kier molecular flexibility index (Phi) is 6.22. The van der Waals surface area contributed by atoms with Crippen molar-refractivity contribution in [3.63, 3.8) is 0 Å². The van der Waals surface area contributed by atoms with Gasteiger partial charge in [0.2, 0.25) is 5.91 Å². The number of hydrazine groups is 1. The SMILES string of the molecule is CCC(C)c1ccc(OCCCC(=O)NN)cc1. The summed E-state index contributed by atoms with van der Waals surface area (Å²) in [6.45, 7) is 4.91. The number of amides is 1. The van der Waals surface area contributed by atoms with Crippen LogP contribution in [0.15, 0.2) is 24.3 Å². The standard InChI is InChI=1S/C14H22N2O2/c1-3-11(2)12-6-8-13(9-7-12)18-10-4-5-14(17)16-15/h6-9,11H,3-5,10,15H2,1-2H3,(H,16,17). The van der Waals surface area contributed by atoms with Crippen LogP contribution < -0.4 is 16.0 Å². The van der Waals surface area contributed by atoms with E-state index < -0.39 is 0 Å². The highest BCUT2D eigenvalue weighted by Gasteiger charge is 2.03. The average Bonchev–Trinajstić information content (AvgIpc) is 2.43. The molecule has 0 radical (unpaired) electrons. The number of hydrogen-bond acceptors (Lipinski definition) is 3. The van der Waals surface area contributed by atoms with Crippen LogP contribution in [-0.4, -0.2) is 12.5 Å². The van der Waals surface area contributed by atoms with Crippen molar-refractivity contribution in [2.45, 2.75) is 39.0 Å². The zero-order chi connectivity index (χ0) is 13.4. The molecule has 0 aliphatic heterocycles. The van der Waals surface area contributed by atoms with Crippen molar-refractivity contribution in [1.29, 1.82) is 0 Å². The molecule has 4 nitrogen and oxygen atoms in total. The van der Waals surface area contributed by atoms with Crippen LogP contribution in [0.1, 0.15) is 44.6 Å². The Balaban J connectivity index is 2.33. The largest absolute Gasteiger partial charge is 0.494 e. The van der Waals surface area contributed by atoms with Gasteiger partial charge in [0.1, 0.15) is 5.75 Å². The van der Waals surface area contributed by atoms with Crippen LogP contribution in [0.25, 0.3) is 0 Å². The molecule has 100 valence electrons. The van der Waals surface area contributed by atoms with E-state index in [2.05, 4.69) is 31.4 Å². The number of rotatable bonds is 7. The van der Waals surface area contributed by atoms with E-state index in [0.29, 0.717) is 25.4 Å². The first kappa shape index (κ1) is 14.5. The number of carbonyl (C=O) groups excluding carboxylic acids is 1. The monoisotopic (exact) mass is 250 g/mol. The third-order valence-corrected chi connectivity index (χ3v) is 3.04. The summed E-state index contributed by atoms with van der Waals surface area (Å²) in [5.74, 6) is 6.24. The predicted molar refractivity (Wildman–Crippen MR) is 72.2 cm³/mol. The zero-order valence-corrected chi connectivity index (χ0v) is 11.1. The Morgan fingerprint density at radius 3 is 2.61 bits per heavy atom. The topological polar surface area (TPSA) is 64.3 Å². The van der Waals surface area contributed by atoms with E-state index in [9.17, 15) is 4.79 Å². The molecule has 0 aliphatic carbocycles. The molecule has 1 atom stereocenters. The summed E-state index contributed by atoms with van der Waals surface area (Å²) in [6.07, 6.45) is 2.19. The number of benzene rings is 1. The molecule has 0 spiro atoms. The minimum absolute atomic E-state index is 0.161. The molecule has 18 heavy (non-hydrogen) atoms. The van der Waals surface area contributed by atoms with Crippen LogP contribution in [0.4, 0.5) is 0 Å². The van der Waals surface area contributed by atoms with Crippen LogP contribution in [0.2, 0.25) is 0 Å². The minimum atomic E-state index is -0.161. The fourth-order valence-corrected chi connectivity index (χ4v) is 1.62. The van der Waals surface area contributed by atoms with Crippen LogP contribution >= 0.6 is 0 Å². The molecule has 1 amide bonds. The van der Waals surface area contributed by atoms with Gasteiger partial charge in [-0.05, 0) is 36.5 Å². The van der Waals surface area contributed by atoms with E-state index in [-0.39, 0.29) is 5.91 Å². The Bertz CT molecular complexity index is 363. The quantitative estimate of drug-likeness (QED) is 0.338. The van der Waals surface area contributed by atoms with E-state index in [0.717, 1.165) is 12.2 Å². The molecule has 0 saturated carbocycles. The summed E-state index contributed by atoms with van der Waals surface area (Å²) < 4.78 is 5.55. The van der Waals surface area contributed by atoms with Crippen molar-refractivity contribution in [3.8, 4) is 5.75 Å². The summed E-state index contributed by atoms with van der Waals surface area (Å²) in [6, 6.07) is 8.14. The Labute approximate surface area is 108 Å². The maximum absolute atomic E-state index is 10.9. The molecule has 0 aliphatic rings. The lowest BCUT2D eigenvalue weighted by Gasteiger charge is -2.10. The summed E-state index contributed by atoms with van der Waals surface area (Å²) >= 11 is 0. The van der Waals surface area contributed by atoms with Gasteiger partial charge in [0.25, 0.3) is 0 Å². The van der Waals surface area contributed by atoms with Crippen LogP contribution in [0.5, 0.6) is 5.75 Å². The van der Waals surface area contributed by atoms with Gasteiger partial charge in [-0.25, -0.2) is 5.84 Å². The van der Waals surface area contributed by atoms with Gasteiger partial charge in [-0.1, -0.05) is 26.0 Å². The lowest BCUT2D eigenvalue weighted by atomic mass is 9.99. The van der Waals surface area contributed by atoms with Gasteiger partial charge in [0.15, 0.2) is 0 Å². The van der Waals surface area contributed by atoms with Crippen LogP contribution in [0.3, 0.4) is 0 Å². The highest BCUT2D eigenvalue weighted by molar-refractivity contribution is 5.75. The fraction of sp³-hybridized carbons (Fsp3) is 0.500. The van der Waals surface area contributed by atoms with E-state index >= 15 is 0 Å². The predicted octanol–water partition coefficient (Wildman–Crippen LogP) is 2.35. The Hall–Kier alpha value is -1.55. The number of ether oxygens (including phenoxy) is 1. The fourth-order valence-electron chi connectivity index (χ4n) is 1.62. The number of hydrogen-bond donors (Lipinski definition) is 2. The van der Waals surface area contributed by atoms with Crippen LogP contribution in [-0.2, 0) is 4.79 Å². The van der Waals surface area contributed by atoms with Crippen LogP contribution in [0, 0.1) is 0 Å². The van der Waals surface area contributed by atoms with Crippen molar-refractivity contribution < 1.29 is 9.53 Å². The second-order valence-electron chi connectivity index (χ2n) is 4.40. The van der Waals surface area contributed by atoms with Gasteiger partial charge in [-0.15, -0.1) is 0 Å². The average molecular weight is 250 g/mol. The van der Waals surface area contributed by atoms with E-state index in [1.165, 1.54) is 5.56 Å². The molecule has 1 aromatic rings. The Morgan fingerprint density at radius 2 is 2.06 bits per heavy atom. The molecular formula is C14H22N2O2. The van der Waals surface area contributed by atoms with Gasteiger partial charge in [0, 0.05) is 6.42 Å². The normalized spacial score (nSPS) is 11.9. The third kappa shape index (κ3) is 4.75. The first-order chi connectivity index (χ1) is 8.67. The maximum atomic E-state index is 10.9. The highest BCUT2D eigenvalue weighted by Crippen LogP contribution is 2.21. The number of nitrogens with one attached hydrogen (secondary N) is 1. The molecule has 0 saturated heterocycles. The molecular weight excluding hydrogens is 228 g/mol. The lowest BCUT2D eigenvalue weighted by molar-refractivity contribution is -0.121. The lowest BCUT2D eigenvalue weighted by Crippen LogP contribution is -2.29. The third-order valence-electron chi connectivity index (χ3n) is 3.04. The molecule has 0 fully saturated rings. The summed E-state index contributed by atoms with van der Waals surface area (Å²) in [5.41, 5.74) is 3.42. The van der Waals surface area contributed by atoms with Gasteiger partial charge >= 0.3 is 0 Å². The molecule has 1 unspecified atom stereocenters. The molecule has 1 aromatic carbocycles. The van der Waals surface area contributed by atoms with Crippen molar-refractivity contribution in [1.82, 2.24) is 5.43 Å². The van der Waals surface area contributed by atoms with E-state index in [1.54, 1.807) is 0 Å². The zero-order valence-electron chi connectivity index (χ0n) is 11.1. The van der Waals surface area contributed by atoms with Crippen molar-refractivity contribution >= 4 is 5.91 Å². The highest BCUT2D eigenvalue weighted by atomic mass is 16.5. The summed E-state index contributed by atoms with van der Waals surface area (Å²) in [7, 11) is 0. The summed E-state index contributed by atoms with van der Waals surface area (Å²) in [4.78, 5) is 10.9. The van der Waals surface area contributed by atoms with Gasteiger partial charge in [0.05, 0.1) is 6.61 Å². The Morgan fingerprint density at radius 1 is 1.39 bits per heavy atom. The smallest absolute Gasteiger partial charge is 0.234 e.